The van der Waals surface area contributed by atoms with Crippen molar-refractivity contribution in [2.24, 2.45) is 0 Å². The fraction of sp³-hybridized carbons (Fsp3) is 0.385. The Morgan fingerprint density at radius 2 is 2.05 bits per heavy atom. The second kappa shape index (κ2) is 5.10. The minimum Gasteiger partial charge on any atom is -0.478 e. The first kappa shape index (κ1) is 15.4. The summed E-state index contributed by atoms with van der Waals surface area (Å²) in [5.74, 6) is -3.06. The maximum Gasteiger partial charge on any atom is 0.338 e. The number of amides is 1. The van der Waals surface area contributed by atoms with Gasteiger partial charge in [0.2, 0.25) is 5.91 Å². The molecule has 114 valence electrons. The van der Waals surface area contributed by atoms with Gasteiger partial charge >= 0.3 is 5.97 Å². The van der Waals surface area contributed by atoms with E-state index in [2.05, 4.69) is 0 Å². The number of hydrogen-bond acceptors (Lipinski definition) is 4. The zero-order valence-corrected chi connectivity index (χ0v) is 12.3. The Labute approximate surface area is 121 Å². The molecule has 0 spiro atoms. The van der Waals surface area contributed by atoms with Crippen molar-refractivity contribution in [3.8, 4) is 0 Å². The van der Waals surface area contributed by atoms with Crippen molar-refractivity contribution >= 4 is 21.7 Å². The lowest BCUT2D eigenvalue weighted by atomic mass is 10.1. The lowest BCUT2D eigenvalue weighted by Gasteiger charge is -2.13. The fourth-order valence-corrected chi connectivity index (χ4v) is 4.11. The Hall–Kier alpha value is -1.96. The smallest absolute Gasteiger partial charge is 0.338 e. The van der Waals surface area contributed by atoms with Crippen LogP contribution in [0.2, 0.25) is 0 Å². The standard InChI is InChI=1S/C13H14FNO5S/c1-7-5-8(6-9(11(7)14)13(17)18)21(19,20)10-3-4-15(2)12(10)16/h5-6,10H,3-4H2,1-2H3,(H,17,18). The average Bonchev–Trinajstić information content (AvgIpc) is 2.73. The molecule has 1 aliphatic rings. The lowest BCUT2D eigenvalue weighted by Crippen LogP contribution is -2.32. The molecule has 1 fully saturated rings. The summed E-state index contributed by atoms with van der Waals surface area (Å²) in [7, 11) is -2.54. The molecule has 0 bridgehead atoms. The van der Waals surface area contributed by atoms with Crippen LogP contribution < -0.4 is 0 Å². The predicted molar refractivity (Wildman–Crippen MR) is 71.3 cm³/mol. The molecule has 0 aromatic heterocycles. The highest BCUT2D eigenvalue weighted by Crippen LogP contribution is 2.27. The van der Waals surface area contributed by atoms with E-state index in [1.54, 1.807) is 0 Å². The van der Waals surface area contributed by atoms with Gasteiger partial charge in [-0.2, -0.15) is 0 Å². The van der Waals surface area contributed by atoms with Gasteiger partial charge in [-0.1, -0.05) is 0 Å². The van der Waals surface area contributed by atoms with E-state index < -0.39 is 38.3 Å². The van der Waals surface area contributed by atoms with Crippen molar-refractivity contribution in [1.82, 2.24) is 4.90 Å². The van der Waals surface area contributed by atoms with Gasteiger partial charge < -0.3 is 10.0 Å². The van der Waals surface area contributed by atoms with E-state index in [4.69, 9.17) is 5.11 Å². The van der Waals surface area contributed by atoms with Gasteiger partial charge in [-0.05, 0) is 31.0 Å². The van der Waals surface area contributed by atoms with Crippen molar-refractivity contribution in [2.75, 3.05) is 13.6 Å². The van der Waals surface area contributed by atoms with Crippen molar-refractivity contribution in [3.05, 3.63) is 29.1 Å². The second-order valence-corrected chi connectivity index (χ2v) is 7.12. The quantitative estimate of drug-likeness (QED) is 0.834. The number of carboxylic acids is 1. The first-order valence-corrected chi connectivity index (χ1v) is 7.73. The molecule has 6 nitrogen and oxygen atoms in total. The molecule has 1 heterocycles. The lowest BCUT2D eigenvalue weighted by molar-refractivity contribution is -0.126. The molecule has 2 rings (SSSR count). The summed E-state index contributed by atoms with van der Waals surface area (Å²) in [5, 5.41) is 7.69. The molecule has 1 aromatic carbocycles. The maximum atomic E-state index is 13.7. The summed E-state index contributed by atoms with van der Waals surface area (Å²) in [5.41, 5.74) is -0.806. The molecule has 1 N–H and O–H groups in total. The molecule has 0 radical (unpaired) electrons. The van der Waals surface area contributed by atoms with Crippen LogP contribution in [0.1, 0.15) is 22.3 Å². The Kier molecular flexibility index (Phi) is 3.75. The Bertz CT molecular complexity index is 728. The summed E-state index contributed by atoms with van der Waals surface area (Å²) in [6, 6.07) is 1.83. The van der Waals surface area contributed by atoms with E-state index >= 15 is 0 Å². The number of nitrogens with zero attached hydrogens (tertiary/aromatic N) is 1. The molecule has 1 aromatic rings. The zero-order valence-electron chi connectivity index (χ0n) is 11.5. The molecule has 1 saturated heterocycles. The van der Waals surface area contributed by atoms with Gasteiger partial charge in [0.15, 0.2) is 9.84 Å². The van der Waals surface area contributed by atoms with Crippen LogP contribution in [-0.4, -0.2) is 49.1 Å². The number of likely N-dealkylation sites (tertiary alicyclic amines) is 1. The van der Waals surface area contributed by atoms with Gasteiger partial charge in [-0.3, -0.25) is 4.79 Å². The van der Waals surface area contributed by atoms with Crippen LogP contribution in [0.4, 0.5) is 4.39 Å². The first-order chi connectivity index (χ1) is 9.66. The predicted octanol–water partition coefficient (Wildman–Crippen LogP) is 0.837. The van der Waals surface area contributed by atoms with E-state index in [0.717, 1.165) is 12.1 Å². The molecule has 0 aliphatic carbocycles. The highest BCUT2D eigenvalue weighted by atomic mass is 32.2. The van der Waals surface area contributed by atoms with Crippen molar-refractivity contribution < 1.29 is 27.5 Å². The number of benzene rings is 1. The van der Waals surface area contributed by atoms with Crippen LogP contribution in [0.5, 0.6) is 0 Å². The molecule has 0 saturated carbocycles. The van der Waals surface area contributed by atoms with E-state index in [9.17, 15) is 22.4 Å². The number of rotatable bonds is 3. The Morgan fingerprint density at radius 1 is 1.43 bits per heavy atom. The van der Waals surface area contributed by atoms with Crippen LogP contribution in [-0.2, 0) is 14.6 Å². The summed E-state index contributed by atoms with van der Waals surface area (Å²) in [6.07, 6.45) is 0.135. The maximum absolute atomic E-state index is 13.7. The monoisotopic (exact) mass is 315 g/mol. The van der Waals surface area contributed by atoms with Crippen molar-refractivity contribution in [2.45, 2.75) is 23.5 Å². The van der Waals surface area contributed by atoms with Crippen LogP contribution in [0.25, 0.3) is 0 Å². The largest absolute Gasteiger partial charge is 0.478 e. The number of aryl methyl sites for hydroxylation is 1. The van der Waals surface area contributed by atoms with Crippen LogP contribution in [0.3, 0.4) is 0 Å². The number of carboxylic acid groups (broad SMARTS) is 1. The zero-order chi connectivity index (χ0) is 15.9. The van der Waals surface area contributed by atoms with Gasteiger partial charge in [0.05, 0.1) is 10.5 Å². The SMILES string of the molecule is Cc1cc(S(=O)(=O)C2CCN(C)C2=O)cc(C(=O)O)c1F. The van der Waals surface area contributed by atoms with E-state index in [1.165, 1.54) is 18.9 Å². The third kappa shape index (κ3) is 2.51. The number of sulfone groups is 1. The number of carbonyl (C=O) groups is 2. The first-order valence-electron chi connectivity index (χ1n) is 6.18. The third-order valence-electron chi connectivity index (χ3n) is 3.54. The normalized spacial score (nSPS) is 19.1. The topological polar surface area (TPSA) is 91.8 Å². The minimum atomic E-state index is -4.04. The number of aromatic carboxylic acids is 1. The van der Waals surface area contributed by atoms with E-state index in [1.807, 2.05) is 0 Å². The molecule has 1 aliphatic heterocycles. The Balaban J connectivity index is 2.56. The summed E-state index contributed by atoms with van der Waals surface area (Å²) in [6.45, 7) is 1.60. The van der Waals surface area contributed by atoms with Crippen LogP contribution in [0.15, 0.2) is 17.0 Å². The van der Waals surface area contributed by atoms with Gasteiger partial charge in [-0.25, -0.2) is 17.6 Å². The van der Waals surface area contributed by atoms with Gasteiger partial charge in [0.1, 0.15) is 11.1 Å². The van der Waals surface area contributed by atoms with Gasteiger partial charge in [0.25, 0.3) is 0 Å². The summed E-state index contributed by atoms with van der Waals surface area (Å²) < 4.78 is 38.6. The Morgan fingerprint density at radius 3 is 2.52 bits per heavy atom. The average molecular weight is 315 g/mol. The third-order valence-corrected chi connectivity index (χ3v) is 5.62. The number of hydrogen-bond donors (Lipinski definition) is 1. The number of carbonyl (C=O) groups excluding carboxylic acids is 1. The molecular formula is C13H14FNO5S. The second-order valence-electron chi connectivity index (χ2n) is 4.99. The fourth-order valence-electron chi connectivity index (χ4n) is 2.30. The summed E-state index contributed by atoms with van der Waals surface area (Å²) >= 11 is 0. The molecule has 8 heteroatoms. The molecule has 1 unspecified atom stereocenters. The van der Waals surface area contributed by atoms with Crippen molar-refractivity contribution in [1.29, 1.82) is 0 Å². The van der Waals surface area contributed by atoms with Crippen molar-refractivity contribution in [3.63, 3.8) is 0 Å². The van der Waals surface area contributed by atoms with E-state index in [0.29, 0.717) is 6.54 Å². The van der Waals surface area contributed by atoms with Gasteiger partial charge in [0, 0.05) is 13.6 Å². The molecule has 1 atom stereocenters. The van der Waals surface area contributed by atoms with Gasteiger partial charge in [-0.15, -0.1) is 0 Å². The molecule has 1 amide bonds. The summed E-state index contributed by atoms with van der Waals surface area (Å²) in [4.78, 5) is 23.8. The minimum absolute atomic E-state index is 0.0905. The van der Waals surface area contributed by atoms with Crippen LogP contribution in [0, 0.1) is 12.7 Å². The van der Waals surface area contributed by atoms with E-state index in [-0.39, 0.29) is 16.9 Å². The molecular weight excluding hydrogens is 301 g/mol. The highest BCUT2D eigenvalue weighted by Gasteiger charge is 2.40. The molecule has 21 heavy (non-hydrogen) atoms. The highest BCUT2D eigenvalue weighted by molar-refractivity contribution is 7.92. The number of halogens is 1. The van der Waals surface area contributed by atoms with Crippen LogP contribution >= 0.6 is 0 Å².